The van der Waals surface area contributed by atoms with Crippen molar-refractivity contribution in [3.63, 3.8) is 0 Å². The first kappa shape index (κ1) is 14.7. The van der Waals surface area contributed by atoms with Crippen LogP contribution in [0.25, 0.3) is 0 Å². The van der Waals surface area contributed by atoms with Crippen LogP contribution in [0.3, 0.4) is 0 Å². The van der Waals surface area contributed by atoms with Crippen LogP contribution in [0.4, 0.5) is 0 Å². The zero-order valence-corrected chi connectivity index (χ0v) is 10.7. The van der Waals surface area contributed by atoms with Gasteiger partial charge in [0.2, 0.25) is 11.8 Å². The third kappa shape index (κ3) is 4.85. The Kier molecular flexibility index (Phi) is 6.38. The summed E-state index contributed by atoms with van der Waals surface area (Å²) in [6.07, 6.45) is 4.70. The number of ether oxygens (including phenoxy) is 1. The van der Waals surface area contributed by atoms with Gasteiger partial charge in [-0.25, -0.2) is 0 Å². The molecule has 6 heteroatoms. The molecule has 0 aliphatic carbocycles. The maximum Gasteiger partial charge on any atom is 0.246 e. The Hall–Kier alpha value is -1.40. The molecule has 3 N–H and O–H groups in total. The van der Waals surface area contributed by atoms with Crippen molar-refractivity contribution in [2.24, 2.45) is 5.73 Å². The van der Waals surface area contributed by atoms with E-state index in [1.807, 2.05) is 0 Å². The molecule has 1 fully saturated rings. The number of amides is 2. The monoisotopic (exact) mass is 255 g/mol. The van der Waals surface area contributed by atoms with E-state index in [9.17, 15) is 9.59 Å². The van der Waals surface area contributed by atoms with Crippen LogP contribution >= 0.6 is 0 Å². The van der Waals surface area contributed by atoms with E-state index in [1.54, 1.807) is 11.0 Å². The molecule has 0 atom stereocenters. The van der Waals surface area contributed by atoms with E-state index >= 15 is 0 Å². The fraction of sp³-hybridized carbons (Fsp3) is 0.667. The molecule has 1 rings (SSSR count). The van der Waals surface area contributed by atoms with Crippen molar-refractivity contribution < 1.29 is 14.3 Å². The molecule has 1 aliphatic rings. The molecule has 0 saturated carbocycles. The Labute approximate surface area is 107 Å². The minimum atomic E-state index is -0.106. The Bertz CT molecular complexity index is 310. The highest BCUT2D eigenvalue weighted by Gasteiger charge is 2.22. The summed E-state index contributed by atoms with van der Waals surface area (Å²) in [6, 6.07) is 0.134. The molecule has 0 unspecified atom stereocenters. The van der Waals surface area contributed by atoms with E-state index in [0.29, 0.717) is 19.6 Å². The van der Waals surface area contributed by atoms with E-state index in [1.165, 1.54) is 13.2 Å². The van der Waals surface area contributed by atoms with Crippen LogP contribution in [0.1, 0.15) is 12.8 Å². The number of rotatable bonds is 5. The van der Waals surface area contributed by atoms with Gasteiger partial charge in [-0.1, -0.05) is 6.08 Å². The van der Waals surface area contributed by atoms with E-state index in [2.05, 4.69) is 5.32 Å². The molecule has 0 bridgehead atoms. The van der Waals surface area contributed by atoms with Crippen LogP contribution in [0.2, 0.25) is 0 Å². The number of hydrogen-bond donors (Lipinski definition) is 2. The van der Waals surface area contributed by atoms with Crippen LogP contribution in [0.5, 0.6) is 0 Å². The van der Waals surface area contributed by atoms with E-state index in [0.717, 1.165) is 12.8 Å². The minimum Gasteiger partial charge on any atom is -0.375 e. The molecule has 1 aliphatic heterocycles. The fourth-order valence-corrected chi connectivity index (χ4v) is 1.92. The third-order valence-electron chi connectivity index (χ3n) is 2.84. The van der Waals surface area contributed by atoms with Gasteiger partial charge in [-0.3, -0.25) is 9.59 Å². The average Bonchev–Trinajstić information content (AvgIpc) is 2.37. The first-order valence-corrected chi connectivity index (χ1v) is 6.11. The number of methoxy groups -OCH3 is 1. The van der Waals surface area contributed by atoms with E-state index < -0.39 is 0 Å². The molecule has 0 aromatic heterocycles. The van der Waals surface area contributed by atoms with Gasteiger partial charge in [-0.2, -0.15) is 0 Å². The number of nitrogens with two attached hydrogens (primary N) is 1. The number of piperidine rings is 1. The minimum absolute atomic E-state index is 0.0119. The lowest BCUT2D eigenvalue weighted by molar-refractivity contribution is -0.127. The first-order valence-electron chi connectivity index (χ1n) is 6.11. The van der Waals surface area contributed by atoms with Crippen molar-refractivity contribution in [2.75, 3.05) is 33.4 Å². The molecule has 0 aromatic rings. The molecule has 6 nitrogen and oxygen atoms in total. The zero-order chi connectivity index (χ0) is 13.4. The largest absolute Gasteiger partial charge is 0.375 e. The zero-order valence-electron chi connectivity index (χ0n) is 10.7. The third-order valence-corrected chi connectivity index (χ3v) is 2.84. The number of hydrogen-bond acceptors (Lipinski definition) is 4. The number of carbonyl (C=O) groups is 2. The molecule has 18 heavy (non-hydrogen) atoms. The summed E-state index contributed by atoms with van der Waals surface area (Å²) in [6.45, 7) is 1.77. The molecule has 1 saturated heterocycles. The van der Waals surface area contributed by atoms with Crippen molar-refractivity contribution >= 4 is 11.8 Å². The van der Waals surface area contributed by atoms with Gasteiger partial charge in [0.25, 0.3) is 0 Å². The lowest BCUT2D eigenvalue weighted by Crippen LogP contribution is -2.46. The van der Waals surface area contributed by atoms with E-state index in [4.69, 9.17) is 10.5 Å². The summed E-state index contributed by atoms with van der Waals surface area (Å²) in [5.74, 6) is -0.118. The van der Waals surface area contributed by atoms with E-state index in [-0.39, 0.29) is 24.5 Å². The van der Waals surface area contributed by atoms with Gasteiger partial charge in [-0.15, -0.1) is 0 Å². The number of nitrogens with one attached hydrogen (secondary N) is 1. The molecule has 0 radical (unpaired) electrons. The van der Waals surface area contributed by atoms with Crippen molar-refractivity contribution in [3.8, 4) is 0 Å². The SMILES string of the molecule is COCC(=O)NC1CCN(C(=O)/C=C/CN)CC1. The second-order valence-electron chi connectivity index (χ2n) is 4.24. The Morgan fingerprint density at radius 1 is 1.44 bits per heavy atom. The second kappa shape index (κ2) is 7.84. The van der Waals surface area contributed by atoms with Crippen molar-refractivity contribution in [1.82, 2.24) is 10.2 Å². The molecule has 1 heterocycles. The van der Waals surface area contributed by atoms with Crippen LogP contribution < -0.4 is 11.1 Å². The second-order valence-corrected chi connectivity index (χ2v) is 4.24. The predicted molar refractivity (Wildman–Crippen MR) is 67.8 cm³/mol. The highest BCUT2D eigenvalue weighted by Crippen LogP contribution is 2.10. The lowest BCUT2D eigenvalue weighted by Gasteiger charge is -2.31. The molecule has 0 spiro atoms. The molecule has 0 aromatic carbocycles. The van der Waals surface area contributed by atoms with Crippen LogP contribution in [0, 0.1) is 0 Å². The normalized spacial score (nSPS) is 17.1. The first-order chi connectivity index (χ1) is 8.67. The molecular formula is C12H21N3O3. The highest BCUT2D eigenvalue weighted by molar-refractivity contribution is 5.87. The van der Waals surface area contributed by atoms with Gasteiger partial charge >= 0.3 is 0 Å². The quantitative estimate of drug-likeness (QED) is 0.633. The average molecular weight is 255 g/mol. The van der Waals surface area contributed by atoms with Crippen LogP contribution in [0.15, 0.2) is 12.2 Å². The smallest absolute Gasteiger partial charge is 0.246 e. The van der Waals surface area contributed by atoms with Gasteiger partial charge < -0.3 is 20.7 Å². The van der Waals surface area contributed by atoms with Gasteiger partial charge in [0.15, 0.2) is 0 Å². The Morgan fingerprint density at radius 3 is 2.67 bits per heavy atom. The molecular weight excluding hydrogens is 234 g/mol. The summed E-state index contributed by atoms with van der Waals surface area (Å²) < 4.78 is 4.75. The number of carbonyl (C=O) groups excluding carboxylic acids is 2. The Morgan fingerprint density at radius 2 is 2.11 bits per heavy atom. The van der Waals surface area contributed by atoms with Crippen molar-refractivity contribution in [3.05, 3.63) is 12.2 Å². The maximum absolute atomic E-state index is 11.7. The standard InChI is InChI=1S/C12H21N3O3/c1-18-9-11(16)14-10-4-7-15(8-5-10)12(17)3-2-6-13/h2-3,10H,4-9,13H2,1H3,(H,14,16)/b3-2+. The summed E-state index contributed by atoms with van der Waals surface area (Å²) in [7, 11) is 1.49. The number of likely N-dealkylation sites (tertiary alicyclic amines) is 1. The lowest BCUT2D eigenvalue weighted by atomic mass is 10.0. The van der Waals surface area contributed by atoms with Gasteiger partial charge in [0.1, 0.15) is 6.61 Å². The summed E-state index contributed by atoms with van der Waals surface area (Å²) >= 11 is 0. The number of nitrogens with zero attached hydrogens (tertiary/aromatic N) is 1. The summed E-state index contributed by atoms with van der Waals surface area (Å²) in [5.41, 5.74) is 5.29. The predicted octanol–water partition coefficient (Wildman–Crippen LogP) is -0.745. The van der Waals surface area contributed by atoms with Gasteiger partial charge in [0, 0.05) is 38.9 Å². The fourth-order valence-electron chi connectivity index (χ4n) is 1.92. The van der Waals surface area contributed by atoms with Crippen LogP contribution in [-0.2, 0) is 14.3 Å². The van der Waals surface area contributed by atoms with Gasteiger partial charge in [-0.05, 0) is 12.8 Å². The Balaban J connectivity index is 2.30. The molecule has 2 amide bonds. The van der Waals surface area contributed by atoms with Crippen LogP contribution in [-0.4, -0.2) is 56.1 Å². The van der Waals surface area contributed by atoms with Gasteiger partial charge in [0.05, 0.1) is 0 Å². The maximum atomic E-state index is 11.7. The molecule has 102 valence electrons. The summed E-state index contributed by atoms with van der Waals surface area (Å²) in [4.78, 5) is 24.8. The van der Waals surface area contributed by atoms with Crippen molar-refractivity contribution in [1.29, 1.82) is 0 Å². The van der Waals surface area contributed by atoms with Crippen molar-refractivity contribution in [2.45, 2.75) is 18.9 Å². The summed E-state index contributed by atoms with van der Waals surface area (Å²) in [5, 5.41) is 2.88. The highest BCUT2D eigenvalue weighted by atomic mass is 16.5. The topological polar surface area (TPSA) is 84.7 Å².